The average Bonchev–Trinajstić information content (AvgIpc) is 2.87. The van der Waals surface area contributed by atoms with Gasteiger partial charge < -0.3 is 10.6 Å². The van der Waals surface area contributed by atoms with E-state index in [0.717, 1.165) is 32.6 Å². The molecule has 1 fully saturated rings. The maximum Gasteiger partial charge on any atom is 0.0397 e. The first-order chi connectivity index (χ1) is 8.22. The Hall–Kier alpha value is -1.06. The molecule has 1 saturated heterocycles. The van der Waals surface area contributed by atoms with Crippen molar-refractivity contribution in [2.45, 2.75) is 25.4 Å². The Morgan fingerprint density at radius 1 is 1.35 bits per heavy atom. The van der Waals surface area contributed by atoms with E-state index in [-0.39, 0.29) is 0 Å². The summed E-state index contributed by atoms with van der Waals surface area (Å²) in [4.78, 5) is 4.80. The number of nitrogens with zero attached hydrogens (tertiary/aromatic N) is 2. The second-order valence-corrected chi connectivity index (χ2v) is 5.42. The Morgan fingerprint density at radius 2 is 2.24 bits per heavy atom. The van der Waals surface area contributed by atoms with Crippen molar-refractivity contribution in [2.24, 2.45) is 5.73 Å². The molecule has 0 aromatic heterocycles. The maximum atomic E-state index is 5.94. The van der Waals surface area contributed by atoms with E-state index in [9.17, 15) is 0 Å². The fourth-order valence-electron chi connectivity index (χ4n) is 2.98. The third kappa shape index (κ3) is 2.17. The van der Waals surface area contributed by atoms with Gasteiger partial charge in [-0.25, -0.2) is 0 Å². The predicted octanol–water partition coefficient (Wildman–Crippen LogP) is 1.21. The van der Waals surface area contributed by atoms with E-state index >= 15 is 0 Å². The zero-order chi connectivity index (χ0) is 11.8. The van der Waals surface area contributed by atoms with Gasteiger partial charge in [0.2, 0.25) is 0 Å². The summed E-state index contributed by atoms with van der Waals surface area (Å²) in [5, 5.41) is 0. The minimum absolute atomic E-state index is 0.385. The molecular formula is C14H21N3. The smallest absolute Gasteiger partial charge is 0.0397 e. The van der Waals surface area contributed by atoms with Gasteiger partial charge in [0.25, 0.3) is 0 Å². The standard InChI is InChI=1S/C14H21N3/c1-16-6-4-12-8-11(2-3-14(12)16)9-17-7-5-13(15)10-17/h2-3,8,13H,4-7,9-10,15H2,1H3. The number of nitrogens with two attached hydrogens (primary N) is 1. The SMILES string of the molecule is CN1CCc2cc(CN3CCC(N)C3)ccc21. The van der Waals surface area contributed by atoms with Gasteiger partial charge in [-0.2, -0.15) is 0 Å². The second-order valence-electron chi connectivity index (χ2n) is 5.42. The zero-order valence-electron chi connectivity index (χ0n) is 10.5. The number of fused-ring (bicyclic) bond motifs is 1. The first kappa shape index (κ1) is 11.1. The van der Waals surface area contributed by atoms with Gasteiger partial charge in [0.15, 0.2) is 0 Å². The Balaban J connectivity index is 1.72. The Bertz CT molecular complexity index is 416. The van der Waals surface area contributed by atoms with Crippen LogP contribution in [0.2, 0.25) is 0 Å². The number of hydrogen-bond donors (Lipinski definition) is 1. The van der Waals surface area contributed by atoms with Crippen LogP contribution in [0.4, 0.5) is 5.69 Å². The van der Waals surface area contributed by atoms with Gasteiger partial charge in [-0.15, -0.1) is 0 Å². The largest absolute Gasteiger partial charge is 0.374 e. The van der Waals surface area contributed by atoms with Crippen LogP contribution in [-0.4, -0.2) is 37.6 Å². The molecule has 0 saturated carbocycles. The number of likely N-dealkylation sites (N-methyl/N-ethyl adjacent to an activating group) is 1. The summed E-state index contributed by atoms with van der Waals surface area (Å²) in [7, 11) is 2.17. The molecule has 0 aliphatic carbocycles. The van der Waals surface area contributed by atoms with Crippen molar-refractivity contribution in [3.05, 3.63) is 29.3 Å². The summed E-state index contributed by atoms with van der Waals surface area (Å²) in [6.45, 7) is 4.42. The minimum Gasteiger partial charge on any atom is -0.374 e. The Labute approximate surface area is 103 Å². The summed E-state index contributed by atoms with van der Waals surface area (Å²) in [6, 6.07) is 7.30. The first-order valence-corrected chi connectivity index (χ1v) is 6.53. The maximum absolute atomic E-state index is 5.94. The molecule has 3 rings (SSSR count). The van der Waals surface area contributed by atoms with E-state index in [0.29, 0.717) is 6.04 Å². The second kappa shape index (κ2) is 4.31. The third-order valence-corrected chi connectivity index (χ3v) is 3.99. The molecule has 1 aromatic rings. The molecule has 2 aliphatic rings. The van der Waals surface area contributed by atoms with Crippen LogP contribution in [0.25, 0.3) is 0 Å². The fraction of sp³-hybridized carbons (Fsp3) is 0.571. The van der Waals surface area contributed by atoms with Gasteiger partial charge in [0, 0.05) is 45.0 Å². The summed E-state index contributed by atoms with van der Waals surface area (Å²) in [5.74, 6) is 0. The lowest BCUT2D eigenvalue weighted by Crippen LogP contribution is -2.26. The number of benzene rings is 1. The molecule has 0 amide bonds. The molecule has 2 N–H and O–H groups in total. The molecule has 3 nitrogen and oxygen atoms in total. The fourth-order valence-corrected chi connectivity index (χ4v) is 2.98. The van der Waals surface area contributed by atoms with E-state index in [1.807, 2.05) is 0 Å². The molecule has 17 heavy (non-hydrogen) atoms. The van der Waals surface area contributed by atoms with Gasteiger partial charge in [-0.3, -0.25) is 4.90 Å². The molecule has 2 aliphatic heterocycles. The van der Waals surface area contributed by atoms with Crippen molar-refractivity contribution >= 4 is 5.69 Å². The van der Waals surface area contributed by atoms with Gasteiger partial charge in [-0.05, 0) is 30.0 Å². The predicted molar refractivity (Wildman–Crippen MR) is 71.3 cm³/mol. The Morgan fingerprint density at radius 3 is 3.00 bits per heavy atom. The van der Waals surface area contributed by atoms with Gasteiger partial charge in [0.05, 0.1) is 0 Å². The zero-order valence-corrected chi connectivity index (χ0v) is 10.5. The molecule has 92 valence electrons. The molecule has 3 heteroatoms. The van der Waals surface area contributed by atoms with Crippen molar-refractivity contribution in [1.82, 2.24) is 4.90 Å². The molecule has 1 atom stereocenters. The molecule has 0 spiro atoms. The average molecular weight is 231 g/mol. The molecule has 1 aromatic carbocycles. The van der Waals surface area contributed by atoms with E-state index in [4.69, 9.17) is 5.73 Å². The molecule has 0 radical (unpaired) electrons. The van der Waals surface area contributed by atoms with E-state index in [2.05, 4.69) is 35.0 Å². The van der Waals surface area contributed by atoms with Crippen molar-refractivity contribution in [3.8, 4) is 0 Å². The van der Waals surface area contributed by atoms with Crippen LogP contribution < -0.4 is 10.6 Å². The van der Waals surface area contributed by atoms with Crippen LogP contribution in [0, 0.1) is 0 Å². The summed E-state index contributed by atoms with van der Waals surface area (Å²) < 4.78 is 0. The quantitative estimate of drug-likeness (QED) is 0.830. The normalized spacial score (nSPS) is 24.4. The van der Waals surface area contributed by atoms with Crippen molar-refractivity contribution in [1.29, 1.82) is 0 Å². The highest BCUT2D eigenvalue weighted by molar-refractivity contribution is 5.58. The van der Waals surface area contributed by atoms with Crippen LogP contribution in [0.3, 0.4) is 0 Å². The van der Waals surface area contributed by atoms with Crippen LogP contribution in [0.1, 0.15) is 17.5 Å². The summed E-state index contributed by atoms with van der Waals surface area (Å²) in [5.41, 5.74) is 10.3. The monoisotopic (exact) mass is 231 g/mol. The van der Waals surface area contributed by atoms with Crippen molar-refractivity contribution in [3.63, 3.8) is 0 Å². The molecular weight excluding hydrogens is 210 g/mol. The number of hydrogen-bond acceptors (Lipinski definition) is 3. The highest BCUT2D eigenvalue weighted by atomic mass is 15.2. The number of rotatable bonds is 2. The van der Waals surface area contributed by atoms with Crippen molar-refractivity contribution in [2.75, 3.05) is 31.6 Å². The first-order valence-electron chi connectivity index (χ1n) is 6.53. The lowest BCUT2D eigenvalue weighted by molar-refractivity contribution is 0.327. The van der Waals surface area contributed by atoms with E-state index in [1.165, 1.54) is 23.2 Å². The summed E-state index contributed by atoms with van der Waals surface area (Å²) >= 11 is 0. The van der Waals surface area contributed by atoms with Gasteiger partial charge >= 0.3 is 0 Å². The third-order valence-electron chi connectivity index (χ3n) is 3.99. The molecule has 1 unspecified atom stereocenters. The number of anilines is 1. The lowest BCUT2D eigenvalue weighted by Gasteiger charge is -2.16. The van der Waals surface area contributed by atoms with Gasteiger partial charge in [-0.1, -0.05) is 12.1 Å². The van der Waals surface area contributed by atoms with Crippen molar-refractivity contribution < 1.29 is 0 Å². The topological polar surface area (TPSA) is 32.5 Å². The van der Waals surface area contributed by atoms with E-state index < -0.39 is 0 Å². The molecule has 0 bridgehead atoms. The van der Waals surface area contributed by atoms with Gasteiger partial charge in [0.1, 0.15) is 0 Å². The van der Waals surface area contributed by atoms with E-state index in [1.54, 1.807) is 0 Å². The lowest BCUT2D eigenvalue weighted by atomic mass is 10.1. The van der Waals surface area contributed by atoms with Crippen LogP contribution in [0.5, 0.6) is 0 Å². The van der Waals surface area contributed by atoms with Crippen LogP contribution >= 0.6 is 0 Å². The van der Waals surface area contributed by atoms with Crippen LogP contribution in [0.15, 0.2) is 18.2 Å². The highest BCUT2D eigenvalue weighted by Gasteiger charge is 2.20. The highest BCUT2D eigenvalue weighted by Crippen LogP contribution is 2.28. The summed E-state index contributed by atoms with van der Waals surface area (Å²) in [6.07, 6.45) is 2.34. The van der Waals surface area contributed by atoms with Crippen LogP contribution in [-0.2, 0) is 13.0 Å². The molecule has 2 heterocycles. The minimum atomic E-state index is 0.385. The number of likely N-dealkylation sites (tertiary alicyclic amines) is 1. The Kier molecular flexibility index (Phi) is 2.81.